The molecule has 0 bridgehead atoms. The van der Waals surface area contributed by atoms with Gasteiger partial charge in [0.1, 0.15) is 11.8 Å². The van der Waals surface area contributed by atoms with Gasteiger partial charge in [0.05, 0.1) is 25.5 Å². The van der Waals surface area contributed by atoms with E-state index in [1.165, 1.54) is 19.1 Å². The van der Waals surface area contributed by atoms with Gasteiger partial charge in [-0.3, -0.25) is 14.6 Å². The predicted octanol–water partition coefficient (Wildman–Crippen LogP) is 2.08. The van der Waals surface area contributed by atoms with Crippen LogP contribution in [-0.4, -0.2) is 73.0 Å². The van der Waals surface area contributed by atoms with Crippen LogP contribution < -0.4 is 9.47 Å². The van der Waals surface area contributed by atoms with Crippen LogP contribution in [0.1, 0.15) is 17.3 Å². The third-order valence-corrected chi connectivity index (χ3v) is 4.95. The highest BCUT2D eigenvalue weighted by atomic mass is 16.5. The maximum Gasteiger partial charge on any atom is 0.295 e. The van der Waals surface area contributed by atoms with Crippen molar-refractivity contribution < 1.29 is 24.2 Å². The van der Waals surface area contributed by atoms with Gasteiger partial charge in [-0.15, -0.1) is 0 Å². The summed E-state index contributed by atoms with van der Waals surface area (Å²) >= 11 is 0. The zero-order chi connectivity index (χ0) is 21.8. The molecule has 2 aromatic rings. The zero-order valence-corrected chi connectivity index (χ0v) is 17.5. The molecule has 1 aromatic carbocycles. The maximum absolute atomic E-state index is 12.9. The van der Waals surface area contributed by atoms with Gasteiger partial charge in [0, 0.05) is 24.8 Å². The fourth-order valence-corrected chi connectivity index (χ4v) is 3.40. The van der Waals surface area contributed by atoms with Crippen LogP contribution >= 0.6 is 0 Å². The van der Waals surface area contributed by atoms with E-state index in [1.807, 2.05) is 19.0 Å². The van der Waals surface area contributed by atoms with Crippen LogP contribution in [0.25, 0.3) is 5.76 Å². The van der Waals surface area contributed by atoms with E-state index in [4.69, 9.17) is 9.47 Å². The molecule has 3 rings (SSSR count). The molecule has 158 valence electrons. The lowest BCUT2D eigenvalue weighted by atomic mass is 9.98. The highest BCUT2D eigenvalue weighted by molar-refractivity contribution is 6.46. The Labute approximate surface area is 175 Å². The molecule has 1 saturated heterocycles. The van der Waals surface area contributed by atoms with E-state index < -0.39 is 17.7 Å². The van der Waals surface area contributed by atoms with E-state index in [0.717, 1.165) is 0 Å². The van der Waals surface area contributed by atoms with Crippen LogP contribution in [0, 0.1) is 0 Å². The summed E-state index contributed by atoms with van der Waals surface area (Å²) in [5.41, 5.74) is 0.862. The first-order valence-electron chi connectivity index (χ1n) is 9.45. The van der Waals surface area contributed by atoms with Gasteiger partial charge in [0.2, 0.25) is 0 Å². The molecule has 0 radical (unpaired) electrons. The third-order valence-electron chi connectivity index (χ3n) is 4.95. The Hall–Kier alpha value is -3.39. The molecule has 0 aliphatic carbocycles. The summed E-state index contributed by atoms with van der Waals surface area (Å²) in [4.78, 5) is 33.5. The van der Waals surface area contributed by atoms with Crippen molar-refractivity contribution >= 4 is 17.4 Å². The number of hydrogen-bond acceptors (Lipinski definition) is 7. The number of aliphatic hydroxyl groups is 1. The number of pyridine rings is 1. The van der Waals surface area contributed by atoms with E-state index in [0.29, 0.717) is 35.8 Å². The van der Waals surface area contributed by atoms with E-state index >= 15 is 0 Å². The van der Waals surface area contributed by atoms with Crippen molar-refractivity contribution in [2.45, 2.75) is 6.04 Å². The number of Topliss-reactive ketones (excluding diaryl/α,β-unsaturated/α-hetero) is 1. The first-order valence-corrected chi connectivity index (χ1v) is 9.45. The fraction of sp³-hybridized carbons (Fsp3) is 0.318. The number of likely N-dealkylation sites (N-methyl/N-ethyl adjacent to an activating group) is 1. The van der Waals surface area contributed by atoms with Crippen LogP contribution in [0.4, 0.5) is 0 Å². The third kappa shape index (κ3) is 3.99. The molecule has 0 unspecified atom stereocenters. The number of ether oxygens (including phenoxy) is 2. The zero-order valence-electron chi connectivity index (χ0n) is 17.5. The Morgan fingerprint density at radius 2 is 1.87 bits per heavy atom. The average molecular weight is 411 g/mol. The lowest BCUT2D eigenvalue weighted by molar-refractivity contribution is -0.140. The Kier molecular flexibility index (Phi) is 6.37. The molecule has 8 heteroatoms. The minimum absolute atomic E-state index is 0.00433. The van der Waals surface area contributed by atoms with E-state index in [-0.39, 0.29) is 11.3 Å². The second kappa shape index (κ2) is 8.96. The summed E-state index contributed by atoms with van der Waals surface area (Å²) in [6.07, 6.45) is 1.60. The maximum atomic E-state index is 12.9. The first kappa shape index (κ1) is 21.3. The molecule has 1 aliphatic rings. The lowest BCUT2D eigenvalue weighted by Gasteiger charge is -2.25. The number of carbonyl (C=O) groups is 2. The molecule has 1 N–H and O–H groups in total. The van der Waals surface area contributed by atoms with Gasteiger partial charge >= 0.3 is 0 Å². The van der Waals surface area contributed by atoms with Crippen LogP contribution in [0.5, 0.6) is 11.5 Å². The first-order chi connectivity index (χ1) is 14.4. The minimum Gasteiger partial charge on any atom is -0.507 e. The average Bonchev–Trinajstić information content (AvgIpc) is 3.01. The van der Waals surface area contributed by atoms with Crippen LogP contribution in [0.15, 0.2) is 48.2 Å². The minimum atomic E-state index is -0.778. The van der Waals surface area contributed by atoms with Crippen LogP contribution in [0.2, 0.25) is 0 Å². The van der Waals surface area contributed by atoms with Crippen molar-refractivity contribution in [3.8, 4) is 11.5 Å². The number of likely N-dealkylation sites (tertiary alicyclic amines) is 1. The number of aliphatic hydroxyl groups excluding tert-OH is 1. The largest absolute Gasteiger partial charge is 0.507 e. The van der Waals surface area contributed by atoms with Crippen LogP contribution in [-0.2, 0) is 9.59 Å². The summed E-state index contributed by atoms with van der Waals surface area (Å²) in [5, 5.41) is 11.1. The van der Waals surface area contributed by atoms with E-state index in [2.05, 4.69) is 4.98 Å². The molecule has 1 aromatic heterocycles. The van der Waals surface area contributed by atoms with Crippen molar-refractivity contribution in [2.75, 3.05) is 41.4 Å². The van der Waals surface area contributed by atoms with Gasteiger partial charge in [-0.2, -0.15) is 0 Å². The molecule has 1 aliphatic heterocycles. The molecule has 1 atom stereocenters. The van der Waals surface area contributed by atoms with Gasteiger partial charge in [-0.1, -0.05) is 6.07 Å². The molecule has 0 spiro atoms. The number of aromatic nitrogens is 1. The van der Waals surface area contributed by atoms with Gasteiger partial charge in [0.15, 0.2) is 11.5 Å². The van der Waals surface area contributed by atoms with Gasteiger partial charge in [-0.25, -0.2) is 0 Å². The second-order valence-electron chi connectivity index (χ2n) is 7.12. The molecular weight excluding hydrogens is 386 g/mol. The fourth-order valence-electron chi connectivity index (χ4n) is 3.40. The molecule has 0 saturated carbocycles. The smallest absolute Gasteiger partial charge is 0.295 e. The van der Waals surface area contributed by atoms with E-state index in [9.17, 15) is 14.7 Å². The number of ketones is 1. The monoisotopic (exact) mass is 411 g/mol. The Morgan fingerprint density at radius 3 is 2.47 bits per heavy atom. The lowest BCUT2D eigenvalue weighted by Crippen LogP contribution is -2.35. The number of nitrogens with zero attached hydrogens (tertiary/aromatic N) is 3. The van der Waals surface area contributed by atoms with E-state index in [1.54, 1.807) is 42.6 Å². The molecular formula is C22H25N3O5. The number of carbonyl (C=O) groups excluding carboxylic acids is 2. The topological polar surface area (TPSA) is 92.2 Å². The van der Waals surface area contributed by atoms with Gasteiger partial charge in [-0.05, 0) is 44.4 Å². The number of methoxy groups -OCH3 is 2. The molecule has 30 heavy (non-hydrogen) atoms. The van der Waals surface area contributed by atoms with Crippen molar-refractivity contribution in [2.24, 2.45) is 0 Å². The van der Waals surface area contributed by atoms with Crippen molar-refractivity contribution in [1.82, 2.24) is 14.8 Å². The SMILES string of the molecule is COc1ccc(C(O)=C2C(=O)C(=O)N(CCN(C)C)[C@@H]2c2ccccn2)cc1OC. The van der Waals surface area contributed by atoms with Gasteiger partial charge < -0.3 is 24.4 Å². The van der Waals surface area contributed by atoms with Crippen molar-refractivity contribution in [1.29, 1.82) is 0 Å². The highest BCUT2D eigenvalue weighted by Crippen LogP contribution is 2.39. The standard InChI is InChI=1S/C22H25N3O5/c1-24(2)11-12-25-19(15-7-5-6-10-23-15)18(21(27)22(25)28)20(26)14-8-9-16(29-3)17(13-14)30-4/h5-10,13,19,26H,11-12H2,1-4H3/t19-/m1/s1. The molecule has 1 fully saturated rings. The second-order valence-corrected chi connectivity index (χ2v) is 7.12. The summed E-state index contributed by atoms with van der Waals surface area (Å²) in [6.45, 7) is 0.883. The summed E-state index contributed by atoms with van der Waals surface area (Å²) in [6, 6.07) is 9.30. The van der Waals surface area contributed by atoms with Crippen LogP contribution in [0.3, 0.4) is 0 Å². The normalized spacial score (nSPS) is 18.2. The molecule has 1 amide bonds. The number of hydrogen-bond donors (Lipinski definition) is 1. The summed E-state index contributed by atoms with van der Waals surface area (Å²) in [7, 11) is 6.76. The quantitative estimate of drug-likeness (QED) is 0.424. The predicted molar refractivity (Wildman–Crippen MR) is 111 cm³/mol. The Balaban J connectivity index is 2.14. The molecule has 8 nitrogen and oxygen atoms in total. The van der Waals surface area contributed by atoms with Crippen molar-refractivity contribution in [3.05, 3.63) is 59.4 Å². The number of benzene rings is 1. The Bertz CT molecular complexity index is 972. The molecule has 2 heterocycles. The van der Waals surface area contributed by atoms with Crippen molar-refractivity contribution in [3.63, 3.8) is 0 Å². The Morgan fingerprint density at radius 1 is 1.13 bits per heavy atom. The number of amides is 1. The summed E-state index contributed by atoms with van der Waals surface area (Å²) in [5.74, 6) is -0.789. The summed E-state index contributed by atoms with van der Waals surface area (Å²) < 4.78 is 10.5. The number of rotatable bonds is 7. The highest BCUT2D eigenvalue weighted by Gasteiger charge is 2.46. The van der Waals surface area contributed by atoms with Gasteiger partial charge in [0.25, 0.3) is 11.7 Å².